The van der Waals surface area contributed by atoms with E-state index in [0.29, 0.717) is 17.2 Å². The summed E-state index contributed by atoms with van der Waals surface area (Å²) in [5.74, 6) is 1.07. The summed E-state index contributed by atoms with van der Waals surface area (Å²) < 4.78 is 10.8. The summed E-state index contributed by atoms with van der Waals surface area (Å²) in [5, 5.41) is 2.80. The molecule has 1 atom stereocenters. The second-order valence-corrected chi connectivity index (χ2v) is 4.76. The Balaban J connectivity index is 2.01. The maximum atomic E-state index is 12.2. The molecule has 21 heavy (non-hydrogen) atoms. The third kappa shape index (κ3) is 3.99. The van der Waals surface area contributed by atoms with Gasteiger partial charge in [0.25, 0.3) is 5.91 Å². The van der Waals surface area contributed by atoms with Gasteiger partial charge in [0.05, 0.1) is 12.8 Å². The van der Waals surface area contributed by atoms with Gasteiger partial charge in [-0.05, 0) is 38.1 Å². The maximum Gasteiger partial charge on any atom is 0.265 e. The van der Waals surface area contributed by atoms with E-state index in [1.807, 2.05) is 43.3 Å². The van der Waals surface area contributed by atoms with Crippen molar-refractivity contribution in [3.8, 4) is 11.5 Å². The summed E-state index contributed by atoms with van der Waals surface area (Å²) in [6.45, 7) is 3.71. The van der Waals surface area contributed by atoms with Gasteiger partial charge in [-0.25, -0.2) is 0 Å². The first-order valence-corrected chi connectivity index (χ1v) is 6.77. The normalized spacial score (nSPS) is 11.6. The fourth-order valence-electron chi connectivity index (χ4n) is 1.86. The second kappa shape index (κ2) is 6.79. The average molecular weight is 285 g/mol. The van der Waals surface area contributed by atoms with E-state index in [9.17, 15) is 4.79 Å². The number of benzene rings is 2. The zero-order valence-electron chi connectivity index (χ0n) is 12.4. The van der Waals surface area contributed by atoms with Crippen molar-refractivity contribution in [2.24, 2.45) is 0 Å². The van der Waals surface area contributed by atoms with Gasteiger partial charge in [-0.3, -0.25) is 4.79 Å². The van der Waals surface area contributed by atoms with Crippen LogP contribution in [-0.4, -0.2) is 19.1 Å². The molecular formula is C17H19NO3. The molecule has 0 bridgehead atoms. The Hall–Kier alpha value is -2.49. The van der Waals surface area contributed by atoms with Crippen LogP contribution in [0.25, 0.3) is 0 Å². The predicted octanol–water partition coefficient (Wildman–Crippen LogP) is 3.41. The number of hydrogen-bond donors (Lipinski definition) is 1. The van der Waals surface area contributed by atoms with Crippen molar-refractivity contribution in [1.82, 2.24) is 0 Å². The van der Waals surface area contributed by atoms with Crippen LogP contribution in [0.15, 0.2) is 48.5 Å². The van der Waals surface area contributed by atoms with Crippen molar-refractivity contribution in [3.05, 3.63) is 54.1 Å². The van der Waals surface area contributed by atoms with E-state index in [4.69, 9.17) is 9.47 Å². The van der Waals surface area contributed by atoms with E-state index in [1.165, 1.54) is 0 Å². The highest BCUT2D eigenvalue weighted by molar-refractivity contribution is 5.95. The molecule has 0 saturated heterocycles. The third-order valence-corrected chi connectivity index (χ3v) is 3.07. The summed E-state index contributed by atoms with van der Waals surface area (Å²) in [5.41, 5.74) is 1.78. The van der Waals surface area contributed by atoms with Crippen LogP contribution >= 0.6 is 0 Å². The van der Waals surface area contributed by atoms with E-state index < -0.39 is 6.10 Å². The molecule has 0 aliphatic heterocycles. The Morgan fingerprint density at radius 2 is 1.76 bits per heavy atom. The lowest BCUT2D eigenvalue weighted by molar-refractivity contribution is -0.122. The first-order valence-electron chi connectivity index (χ1n) is 6.77. The molecule has 2 aromatic carbocycles. The Morgan fingerprint density at radius 1 is 1.10 bits per heavy atom. The number of rotatable bonds is 5. The van der Waals surface area contributed by atoms with Crippen molar-refractivity contribution >= 4 is 11.6 Å². The molecule has 0 fully saturated rings. The van der Waals surface area contributed by atoms with Gasteiger partial charge < -0.3 is 14.8 Å². The van der Waals surface area contributed by atoms with Crippen molar-refractivity contribution in [2.45, 2.75) is 20.0 Å². The van der Waals surface area contributed by atoms with E-state index >= 15 is 0 Å². The van der Waals surface area contributed by atoms with Gasteiger partial charge in [-0.1, -0.05) is 29.8 Å². The number of aryl methyl sites for hydroxylation is 1. The molecule has 1 amide bonds. The van der Waals surface area contributed by atoms with Crippen molar-refractivity contribution in [2.75, 3.05) is 12.4 Å². The fraction of sp³-hybridized carbons (Fsp3) is 0.235. The number of nitrogens with one attached hydrogen (secondary N) is 1. The highest BCUT2D eigenvalue weighted by Crippen LogP contribution is 2.23. The summed E-state index contributed by atoms with van der Waals surface area (Å²) in [6.07, 6.45) is -0.599. The van der Waals surface area contributed by atoms with Gasteiger partial charge >= 0.3 is 0 Å². The predicted molar refractivity (Wildman–Crippen MR) is 82.9 cm³/mol. The Labute approximate surface area is 124 Å². The number of anilines is 1. The van der Waals surface area contributed by atoms with E-state index in [-0.39, 0.29) is 5.91 Å². The van der Waals surface area contributed by atoms with E-state index in [2.05, 4.69) is 5.32 Å². The standard InChI is InChI=1S/C17H19NO3/c1-12-8-10-14(11-9-12)21-13(2)17(19)18-15-6-4-5-7-16(15)20-3/h4-11,13H,1-3H3,(H,18,19). The number of hydrogen-bond acceptors (Lipinski definition) is 3. The lowest BCUT2D eigenvalue weighted by atomic mass is 10.2. The lowest BCUT2D eigenvalue weighted by Crippen LogP contribution is -2.30. The second-order valence-electron chi connectivity index (χ2n) is 4.76. The fourth-order valence-corrected chi connectivity index (χ4v) is 1.86. The van der Waals surface area contributed by atoms with Crippen molar-refractivity contribution in [1.29, 1.82) is 0 Å². The molecule has 2 rings (SSSR count). The molecular weight excluding hydrogens is 266 g/mol. The average Bonchev–Trinajstić information content (AvgIpc) is 2.50. The first kappa shape index (κ1) is 14.9. The summed E-state index contributed by atoms with van der Waals surface area (Å²) >= 11 is 0. The highest BCUT2D eigenvalue weighted by Gasteiger charge is 2.16. The molecule has 1 unspecified atom stereocenters. The summed E-state index contributed by atoms with van der Waals surface area (Å²) in [4.78, 5) is 12.2. The molecule has 0 aliphatic rings. The third-order valence-electron chi connectivity index (χ3n) is 3.07. The number of methoxy groups -OCH3 is 1. The molecule has 4 nitrogen and oxygen atoms in total. The SMILES string of the molecule is COc1ccccc1NC(=O)C(C)Oc1ccc(C)cc1. The number of carbonyl (C=O) groups excluding carboxylic acids is 1. The van der Waals surface area contributed by atoms with Crippen LogP contribution < -0.4 is 14.8 Å². The van der Waals surface area contributed by atoms with Crippen LogP contribution in [0.2, 0.25) is 0 Å². The van der Waals surface area contributed by atoms with E-state index in [0.717, 1.165) is 5.56 Å². The van der Waals surface area contributed by atoms with Gasteiger partial charge in [-0.2, -0.15) is 0 Å². The molecule has 0 saturated carbocycles. The minimum atomic E-state index is -0.599. The molecule has 1 N–H and O–H groups in total. The van der Waals surface area contributed by atoms with E-state index in [1.54, 1.807) is 26.2 Å². The smallest absolute Gasteiger partial charge is 0.265 e. The minimum absolute atomic E-state index is 0.222. The Kier molecular flexibility index (Phi) is 4.82. The number of carbonyl (C=O) groups is 1. The highest BCUT2D eigenvalue weighted by atomic mass is 16.5. The topological polar surface area (TPSA) is 47.6 Å². The first-order chi connectivity index (χ1) is 10.1. The molecule has 2 aromatic rings. The Morgan fingerprint density at radius 3 is 2.43 bits per heavy atom. The van der Waals surface area contributed by atoms with Gasteiger partial charge in [0.2, 0.25) is 0 Å². The molecule has 0 radical (unpaired) electrons. The summed E-state index contributed by atoms with van der Waals surface area (Å²) in [6, 6.07) is 14.9. The monoisotopic (exact) mass is 285 g/mol. The maximum absolute atomic E-state index is 12.2. The number of amides is 1. The lowest BCUT2D eigenvalue weighted by Gasteiger charge is -2.16. The van der Waals surface area contributed by atoms with Crippen molar-refractivity contribution < 1.29 is 14.3 Å². The summed E-state index contributed by atoms with van der Waals surface area (Å²) in [7, 11) is 1.57. The van der Waals surface area contributed by atoms with Gasteiger partial charge in [0.1, 0.15) is 11.5 Å². The Bertz CT molecular complexity index is 608. The molecule has 110 valence electrons. The zero-order chi connectivity index (χ0) is 15.2. The van der Waals surface area contributed by atoms with Crippen LogP contribution in [0.4, 0.5) is 5.69 Å². The number of ether oxygens (including phenoxy) is 2. The van der Waals surface area contributed by atoms with Crippen LogP contribution in [0.3, 0.4) is 0 Å². The van der Waals surface area contributed by atoms with Crippen LogP contribution in [0.1, 0.15) is 12.5 Å². The molecule has 0 heterocycles. The van der Waals surface area contributed by atoms with Crippen LogP contribution in [-0.2, 0) is 4.79 Å². The molecule has 0 aliphatic carbocycles. The molecule has 0 spiro atoms. The molecule has 4 heteroatoms. The largest absolute Gasteiger partial charge is 0.495 e. The van der Waals surface area contributed by atoms with Gasteiger partial charge in [-0.15, -0.1) is 0 Å². The molecule has 0 aromatic heterocycles. The zero-order valence-corrected chi connectivity index (χ0v) is 12.4. The van der Waals surface area contributed by atoms with Gasteiger partial charge in [0.15, 0.2) is 6.10 Å². The van der Waals surface area contributed by atoms with Gasteiger partial charge in [0, 0.05) is 0 Å². The number of para-hydroxylation sites is 2. The van der Waals surface area contributed by atoms with Crippen molar-refractivity contribution in [3.63, 3.8) is 0 Å². The quantitative estimate of drug-likeness (QED) is 0.915. The van der Waals surface area contributed by atoms with Crippen LogP contribution in [0.5, 0.6) is 11.5 Å². The minimum Gasteiger partial charge on any atom is -0.495 e. The van der Waals surface area contributed by atoms with Crippen LogP contribution in [0, 0.1) is 6.92 Å².